The second-order valence-corrected chi connectivity index (χ2v) is 6.14. The summed E-state index contributed by atoms with van der Waals surface area (Å²) in [5, 5.41) is 2.81. The predicted octanol–water partition coefficient (Wildman–Crippen LogP) is 3.29. The summed E-state index contributed by atoms with van der Waals surface area (Å²) in [5.74, 6) is 0.718. The van der Waals surface area contributed by atoms with Crippen molar-refractivity contribution in [3.05, 3.63) is 28.7 Å². The molecule has 4 nitrogen and oxygen atoms in total. The normalized spacial score (nSPS) is 15.7. The first kappa shape index (κ1) is 16.3. The first-order chi connectivity index (χ1) is 10.2. The average Bonchev–Trinajstić information content (AvgIpc) is 2.51. The quantitative estimate of drug-likeness (QED) is 0.763. The van der Waals surface area contributed by atoms with Crippen molar-refractivity contribution in [2.75, 3.05) is 19.8 Å². The Hall–Kier alpha value is -1.07. The van der Waals surface area contributed by atoms with Gasteiger partial charge >= 0.3 is 0 Å². The lowest BCUT2D eigenvalue weighted by Gasteiger charge is -2.21. The fourth-order valence-electron chi connectivity index (χ4n) is 2.39. The van der Waals surface area contributed by atoms with Gasteiger partial charge in [0.05, 0.1) is 12.6 Å². The standard InChI is InChI=1S/C16H22BrNO3/c17-13-5-4-8-15(11-13)20-10-9-18-16(19)12-21-14-6-2-1-3-7-14/h4-5,8,11,14H,1-3,6-7,9-10,12H2,(H,18,19). The molecule has 0 atom stereocenters. The SMILES string of the molecule is O=C(COC1CCCCC1)NCCOc1cccc(Br)c1. The number of benzene rings is 1. The molecule has 1 saturated carbocycles. The second-order valence-electron chi connectivity index (χ2n) is 5.23. The van der Waals surface area contributed by atoms with Gasteiger partial charge in [-0.15, -0.1) is 0 Å². The summed E-state index contributed by atoms with van der Waals surface area (Å²) < 4.78 is 12.1. The van der Waals surface area contributed by atoms with Crippen molar-refractivity contribution in [2.24, 2.45) is 0 Å². The number of rotatable bonds is 7. The van der Waals surface area contributed by atoms with Gasteiger partial charge in [0.15, 0.2) is 0 Å². The van der Waals surface area contributed by atoms with Gasteiger partial charge in [-0.2, -0.15) is 0 Å². The van der Waals surface area contributed by atoms with Crippen molar-refractivity contribution in [2.45, 2.75) is 38.2 Å². The molecule has 1 aliphatic carbocycles. The topological polar surface area (TPSA) is 47.6 Å². The summed E-state index contributed by atoms with van der Waals surface area (Å²) in [4.78, 5) is 11.7. The van der Waals surface area contributed by atoms with Crippen LogP contribution in [-0.2, 0) is 9.53 Å². The molecule has 0 heterocycles. The van der Waals surface area contributed by atoms with E-state index in [0.717, 1.165) is 23.1 Å². The Morgan fingerprint density at radius 2 is 2.10 bits per heavy atom. The van der Waals surface area contributed by atoms with Crippen LogP contribution in [0.3, 0.4) is 0 Å². The number of carbonyl (C=O) groups excluding carboxylic acids is 1. The van der Waals surface area contributed by atoms with E-state index in [1.54, 1.807) is 0 Å². The summed E-state index contributed by atoms with van der Waals surface area (Å²) >= 11 is 3.39. The lowest BCUT2D eigenvalue weighted by Crippen LogP contribution is -2.33. The van der Waals surface area contributed by atoms with Gasteiger partial charge in [-0.05, 0) is 31.0 Å². The Kier molecular flexibility index (Phi) is 7.03. The molecule has 1 fully saturated rings. The van der Waals surface area contributed by atoms with Crippen LogP contribution >= 0.6 is 15.9 Å². The number of hydrogen-bond acceptors (Lipinski definition) is 3. The molecule has 1 N–H and O–H groups in total. The van der Waals surface area contributed by atoms with E-state index in [0.29, 0.717) is 13.2 Å². The predicted molar refractivity (Wildman–Crippen MR) is 85.5 cm³/mol. The van der Waals surface area contributed by atoms with Gasteiger partial charge in [0.25, 0.3) is 0 Å². The molecule has 0 aliphatic heterocycles. The number of hydrogen-bond donors (Lipinski definition) is 1. The fraction of sp³-hybridized carbons (Fsp3) is 0.562. The molecule has 1 amide bonds. The molecule has 0 spiro atoms. The van der Waals surface area contributed by atoms with Gasteiger partial charge in [-0.25, -0.2) is 0 Å². The zero-order chi connectivity index (χ0) is 14.9. The highest BCUT2D eigenvalue weighted by Crippen LogP contribution is 2.20. The van der Waals surface area contributed by atoms with E-state index in [1.807, 2.05) is 24.3 Å². The number of amides is 1. The van der Waals surface area contributed by atoms with Crippen molar-refractivity contribution in [1.82, 2.24) is 5.32 Å². The average molecular weight is 356 g/mol. The van der Waals surface area contributed by atoms with Crippen LogP contribution in [0.4, 0.5) is 0 Å². The monoisotopic (exact) mass is 355 g/mol. The largest absolute Gasteiger partial charge is 0.492 e. The van der Waals surface area contributed by atoms with Crippen molar-refractivity contribution in [1.29, 1.82) is 0 Å². The van der Waals surface area contributed by atoms with E-state index in [2.05, 4.69) is 21.2 Å². The van der Waals surface area contributed by atoms with Gasteiger partial charge in [-0.1, -0.05) is 41.3 Å². The number of nitrogens with one attached hydrogen (secondary N) is 1. The van der Waals surface area contributed by atoms with E-state index >= 15 is 0 Å². The molecule has 5 heteroatoms. The van der Waals surface area contributed by atoms with Crippen LogP contribution in [0.15, 0.2) is 28.7 Å². The lowest BCUT2D eigenvalue weighted by molar-refractivity contribution is -0.128. The van der Waals surface area contributed by atoms with Gasteiger partial charge < -0.3 is 14.8 Å². The van der Waals surface area contributed by atoms with Crippen LogP contribution in [0, 0.1) is 0 Å². The molecule has 0 radical (unpaired) electrons. The lowest BCUT2D eigenvalue weighted by atomic mass is 9.98. The van der Waals surface area contributed by atoms with Gasteiger partial charge in [-0.3, -0.25) is 4.79 Å². The molecule has 1 aromatic rings. The zero-order valence-corrected chi connectivity index (χ0v) is 13.7. The summed E-state index contributed by atoms with van der Waals surface area (Å²) in [6.07, 6.45) is 6.15. The number of carbonyl (C=O) groups is 1. The van der Waals surface area contributed by atoms with E-state index in [1.165, 1.54) is 19.3 Å². The summed E-state index contributed by atoms with van der Waals surface area (Å²) in [7, 11) is 0. The molecule has 21 heavy (non-hydrogen) atoms. The first-order valence-corrected chi connectivity index (χ1v) is 8.30. The van der Waals surface area contributed by atoms with Gasteiger partial charge in [0.1, 0.15) is 19.0 Å². The van der Waals surface area contributed by atoms with Crippen LogP contribution in [0.25, 0.3) is 0 Å². The summed E-state index contributed by atoms with van der Waals surface area (Å²) in [5.41, 5.74) is 0. The minimum absolute atomic E-state index is 0.0709. The van der Waals surface area contributed by atoms with Crippen LogP contribution in [0.2, 0.25) is 0 Å². The molecule has 0 aromatic heterocycles. The smallest absolute Gasteiger partial charge is 0.246 e. The van der Waals surface area contributed by atoms with Crippen molar-refractivity contribution in [3.8, 4) is 5.75 Å². The summed E-state index contributed by atoms with van der Waals surface area (Å²) in [6, 6.07) is 7.64. The minimum atomic E-state index is -0.0709. The third-order valence-electron chi connectivity index (χ3n) is 3.49. The maximum Gasteiger partial charge on any atom is 0.246 e. The third-order valence-corrected chi connectivity index (χ3v) is 3.98. The van der Waals surface area contributed by atoms with Crippen LogP contribution in [0.1, 0.15) is 32.1 Å². The van der Waals surface area contributed by atoms with Crippen LogP contribution in [-0.4, -0.2) is 31.8 Å². The molecular formula is C16H22BrNO3. The number of ether oxygens (including phenoxy) is 2. The maximum absolute atomic E-state index is 11.7. The highest BCUT2D eigenvalue weighted by Gasteiger charge is 2.14. The van der Waals surface area contributed by atoms with Crippen molar-refractivity contribution >= 4 is 21.8 Å². The van der Waals surface area contributed by atoms with E-state index in [-0.39, 0.29) is 18.6 Å². The molecular weight excluding hydrogens is 334 g/mol. The first-order valence-electron chi connectivity index (χ1n) is 7.51. The van der Waals surface area contributed by atoms with Gasteiger partial charge in [0, 0.05) is 4.47 Å². The third kappa shape index (κ3) is 6.48. The molecule has 1 aliphatic rings. The molecule has 0 bridgehead atoms. The molecule has 0 unspecified atom stereocenters. The van der Waals surface area contributed by atoms with E-state index < -0.39 is 0 Å². The van der Waals surface area contributed by atoms with Crippen molar-refractivity contribution < 1.29 is 14.3 Å². The van der Waals surface area contributed by atoms with Crippen molar-refractivity contribution in [3.63, 3.8) is 0 Å². The Labute approximate surface area is 134 Å². The van der Waals surface area contributed by atoms with Gasteiger partial charge in [0.2, 0.25) is 5.91 Å². The Bertz CT molecular complexity index is 447. The highest BCUT2D eigenvalue weighted by molar-refractivity contribution is 9.10. The summed E-state index contributed by atoms with van der Waals surface area (Å²) in [6.45, 7) is 1.09. The molecule has 1 aromatic carbocycles. The maximum atomic E-state index is 11.7. The van der Waals surface area contributed by atoms with Crippen LogP contribution < -0.4 is 10.1 Å². The second kappa shape index (κ2) is 9.05. The molecule has 0 saturated heterocycles. The Balaban J connectivity index is 1.54. The van der Waals surface area contributed by atoms with Crippen LogP contribution in [0.5, 0.6) is 5.75 Å². The molecule has 2 rings (SSSR count). The molecule has 116 valence electrons. The minimum Gasteiger partial charge on any atom is -0.492 e. The number of halogens is 1. The van der Waals surface area contributed by atoms with E-state index in [9.17, 15) is 4.79 Å². The fourth-order valence-corrected chi connectivity index (χ4v) is 2.77. The van der Waals surface area contributed by atoms with E-state index in [4.69, 9.17) is 9.47 Å². The highest BCUT2D eigenvalue weighted by atomic mass is 79.9. The Morgan fingerprint density at radius 3 is 2.86 bits per heavy atom. The zero-order valence-electron chi connectivity index (χ0n) is 12.1. The Morgan fingerprint density at radius 1 is 1.29 bits per heavy atom.